The molecule has 1 aromatic carbocycles. The van der Waals surface area contributed by atoms with Crippen LogP contribution in [0.3, 0.4) is 0 Å². The maximum Gasteiger partial charge on any atom is 0.264 e. The van der Waals surface area contributed by atoms with Crippen LogP contribution in [0.25, 0.3) is 0 Å². The summed E-state index contributed by atoms with van der Waals surface area (Å²) in [6, 6.07) is 9.82. The molecule has 0 spiro atoms. The summed E-state index contributed by atoms with van der Waals surface area (Å²) >= 11 is 0. The molecule has 3 unspecified atom stereocenters. The maximum absolute atomic E-state index is 12.7. The Hall–Kier alpha value is -3.28. The SMILES string of the molecule is BC1=CC2C(O)=C(C(=O)NC3=CCC(c4ccccc4)C=C3)C(=O)NC2C=C1. The molecule has 0 fully saturated rings. The normalized spacial score (nSPS) is 26.1. The lowest BCUT2D eigenvalue weighted by atomic mass is 9.79. The van der Waals surface area contributed by atoms with Crippen molar-refractivity contribution in [1.29, 1.82) is 0 Å². The van der Waals surface area contributed by atoms with Gasteiger partial charge in [-0.05, 0) is 18.1 Å². The number of carbonyl (C=O) groups is 2. The third kappa shape index (κ3) is 3.45. The zero-order valence-electron chi connectivity index (χ0n) is 15.6. The second-order valence-electron chi connectivity index (χ2n) is 7.28. The van der Waals surface area contributed by atoms with Gasteiger partial charge in [0.1, 0.15) is 19.2 Å². The van der Waals surface area contributed by atoms with E-state index in [0.29, 0.717) is 5.70 Å². The van der Waals surface area contributed by atoms with Crippen molar-refractivity contribution in [3.8, 4) is 0 Å². The fourth-order valence-corrected chi connectivity index (χ4v) is 3.78. The number of hydrogen-bond acceptors (Lipinski definition) is 3. The van der Waals surface area contributed by atoms with Gasteiger partial charge in [-0.15, -0.1) is 0 Å². The highest BCUT2D eigenvalue weighted by molar-refractivity contribution is 6.24. The van der Waals surface area contributed by atoms with E-state index in [1.807, 2.05) is 62.5 Å². The van der Waals surface area contributed by atoms with Gasteiger partial charge in [-0.3, -0.25) is 9.59 Å². The zero-order chi connectivity index (χ0) is 19.7. The van der Waals surface area contributed by atoms with Crippen LogP contribution in [0.5, 0.6) is 0 Å². The van der Waals surface area contributed by atoms with Gasteiger partial charge in [0.05, 0.1) is 12.0 Å². The molecule has 5 nitrogen and oxygen atoms in total. The van der Waals surface area contributed by atoms with Crippen molar-refractivity contribution in [2.75, 3.05) is 0 Å². The Bertz CT molecular complexity index is 973. The lowest BCUT2D eigenvalue weighted by Gasteiger charge is -2.31. The first kappa shape index (κ1) is 18.1. The zero-order valence-corrected chi connectivity index (χ0v) is 15.6. The quantitative estimate of drug-likeness (QED) is 0.559. The number of benzene rings is 1. The molecule has 3 atom stereocenters. The van der Waals surface area contributed by atoms with E-state index in [9.17, 15) is 14.7 Å². The van der Waals surface area contributed by atoms with Crippen molar-refractivity contribution in [2.45, 2.75) is 18.4 Å². The van der Waals surface area contributed by atoms with Crippen LogP contribution in [0.2, 0.25) is 0 Å². The second kappa shape index (κ2) is 7.39. The van der Waals surface area contributed by atoms with E-state index >= 15 is 0 Å². The fourth-order valence-electron chi connectivity index (χ4n) is 3.78. The number of aliphatic hydroxyl groups excluding tert-OH is 1. The average molecular weight is 372 g/mol. The van der Waals surface area contributed by atoms with Crippen molar-refractivity contribution in [3.05, 3.63) is 94.9 Å². The number of aliphatic hydroxyl groups is 1. The summed E-state index contributed by atoms with van der Waals surface area (Å²) in [4.78, 5) is 25.1. The number of allylic oxidation sites excluding steroid dienone is 5. The van der Waals surface area contributed by atoms with Crippen LogP contribution in [-0.4, -0.2) is 30.8 Å². The Labute approximate surface area is 164 Å². The first-order valence-corrected chi connectivity index (χ1v) is 9.38. The predicted molar refractivity (Wildman–Crippen MR) is 110 cm³/mol. The molecule has 0 saturated carbocycles. The minimum Gasteiger partial charge on any atom is -0.511 e. The molecule has 2 amide bonds. The lowest BCUT2D eigenvalue weighted by molar-refractivity contribution is -0.124. The molecule has 28 heavy (non-hydrogen) atoms. The van der Waals surface area contributed by atoms with Crippen LogP contribution in [-0.2, 0) is 9.59 Å². The van der Waals surface area contributed by atoms with Crippen LogP contribution in [0.4, 0.5) is 0 Å². The summed E-state index contributed by atoms with van der Waals surface area (Å²) in [5.74, 6) is -1.49. The Morgan fingerprint density at radius 1 is 1.18 bits per heavy atom. The van der Waals surface area contributed by atoms with Crippen LogP contribution in [0.15, 0.2) is 89.3 Å². The summed E-state index contributed by atoms with van der Waals surface area (Å²) in [6.07, 6.45) is 12.1. The summed E-state index contributed by atoms with van der Waals surface area (Å²) < 4.78 is 0. The smallest absolute Gasteiger partial charge is 0.264 e. The largest absolute Gasteiger partial charge is 0.511 e. The molecule has 4 rings (SSSR count). The topological polar surface area (TPSA) is 78.4 Å². The minimum atomic E-state index is -0.594. The molecular weight excluding hydrogens is 351 g/mol. The number of hydrogen-bond donors (Lipinski definition) is 3. The molecule has 3 N–H and O–H groups in total. The number of carbonyl (C=O) groups excluding carboxylic acids is 2. The fraction of sp³-hybridized carbons (Fsp3) is 0.182. The minimum absolute atomic E-state index is 0.183. The van der Waals surface area contributed by atoms with Crippen molar-refractivity contribution in [1.82, 2.24) is 10.6 Å². The standard InChI is InChI=1S/C22H21BN2O3/c23-15-8-11-18-17(12-15)20(26)19(22(28)25-18)21(27)24-16-9-6-14(7-10-16)13-4-2-1-3-5-13/h1-6,8-12,14,17-18,26H,7,23H2,(H,24,27)(H,25,28). The molecule has 0 saturated heterocycles. The molecule has 1 heterocycles. The lowest BCUT2D eigenvalue weighted by Crippen LogP contribution is -2.49. The third-order valence-electron chi connectivity index (χ3n) is 5.30. The van der Waals surface area contributed by atoms with Gasteiger partial charge in [0.15, 0.2) is 0 Å². The molecule has 0 aromatic heterocycles. The maximum atomic E-state index is 12.7. The Morgan fingerprint density at radius 2 is 1.96 bits per heavy atom. The molecular formula is C22H21BN2O3. The van der Waals surface area contributed by atoms with Gasteiger partial charge in [0, 0.05) is 11.6 Å². The first-order chi connectivity index (χ1) is 13.5. The Kier molecular flexibility index (Phi) is 4.78. The van der Waals surface area contributed by atoms with E-state index in [2.05, 4.69) is 22.8 Å². The molecule has 0 bridgehead atoms. The van der Waals surface area contributed by atoms with E-state index in [1.54, 1.807) is 0 Å². The number of fused-ring (bicyclic) bond motifs is 1. The summed E-state index contributed by atoms with van der Waals surface area (Å²) in [7, 11) is 1.91. The van der Waals surface area contributed by atoms with Gasteiger partial charge in [0.25, 0.3) is 11.8 Å². The molecule has 0 radical (unpaired) electrons. The number of rotatable bonds is 3. The average Bonchev–Trinajstić information content (AvgIpc) is 2.70. The highest BCUT2D eigenvalue weighted by atomic mass is 16.3. The van der Waals surface area contributed by atoms with Gasteiger partial charge in [-0.2, -0.15) is 0 Å². The summed E-state index contributed by atoms with van der Waals surface area (Å²) in [6.45, 7) is 0. The summed E-state index contributed by atoms with van der Waals surface area (Å²) in [5, 5.41) is 16.1. The van der Waals surface area contributed by atoms with E-state index in [-0.39, 0.29) is 23.3 Å². The van der Waals surface area contributed by atoms with Crippen LogP contribution in [0.1, 0.15) is 17.9 Å². The van der Waals surface area contributed by atoms with Gasteiger partial charge in [-0.1, -0.05) is 66.2 Å². The summed E-state index contributed by atoms with van der Waals surface area (Å²) in [5.41, 5.74) is 2.60. The van der Waals surface area contributed by atoms with Crippen LogP contribution in [0, 0.1) is 5.92 Å². The Balaban J connectivity index is 1.49. The molecule has 2 aliphatic carbocycles. The number of nitrogens with one attached hydrogen (secondary N) is 2. The van der Waals surface area contributed by atoms with Crippen molar-refractivity contribution in [2.24, 2.45) is 5.92 Å². The molecule has 6 heteroatoms. The van der Waals surface area contributed by atoms with Gasteiger partial charge < -0.3 is 15.7 Å². The van der Waals surface area contributed by atoms with Gasteiger partial charge in [0.2, 0.25) is 0 Å². The van der Waals surface area contributed by atoms with E-state index in [4.69, 9.17) is 0 Å². The van der Waals surface area contributed by atoms with Crippen molar-refractivity contribution >= 4 is 19.7 Å². The molecule has 1 aliphatic heterocycles. The third-order valence-corrected chi connectivity index (χ3v) is 5.30. The molecule has 140 valence electrons. The van der Waals surface area contributed by atoms with Crippen LogP contribution >= 0.6 is 0 Å². The van der Waals surface area contributed by atoms with Crippen LogP contribution < -0.4 is 10.6 Å². The highest BCUT2D eigenvalue weighted by Gasteiger charge is 2.37. The van der Waals surface area contributed by atoms with E-state index in [0.717, 1.165) is 11.9 Å². The Morgan fingerprint density at radius 3 is 2.68 bits per heavy atom. The van der Waals surface area contributed by atoms with Gasteiger partial charge in [-0.25, -0.2) is 0 Å². The molecule has 1 aromatic rings. The second-order valence-corrected chi connectivity index (χ2v) is 7.28. The van der Waals surface area contributed by atoms with Crippen molar-refractivity contribution in [3.63, 3.8) is 0 Å². The monoisotopic (exact) mass is 372 g/mol. The first-order valence-electron chi connectivity index (χ1n) is 9.38. The number of amides is 2. The predicted octanol–water partition coefficient (Wildman–Crippen LogP) is 1.74. The molecule has 3 aliphatic rings. The van der Waals surface area contributed by atoms with Gasteiger partial charge >= 0.3 is 0 Å². The van der Waals surface area contributed by atoms with Crippen molar-refractivity contribution < 1.29 is 14.7 Å². The highest BCUT2D eigenvalue weighted by Crippen LogP contribution is 2.29. The van der Waals surface area contributed by atoms with E-state index < -0.39 is 17.7 Å². The van der Waals surface area contributed by atoms with E-state index in [1.165, 1.54) is 5.56 Å².